The molecule has 0 saturated carbocycles. The van der Waals surface area contributed by atoms with Crippen LogP contribution < -0.4 is 5.56 Å². The molecule has 0 N–H and O–H groups in total. The number of ether oxygens (including phenoxy) is 1. The zero-order valence-corrected chi connectivity index (χ0v) is 8.25. The van der Waals surface area contributed by atoms with E-state index in [9.17, 15) is 22.8 Å². The Morgan fingerprint density at radius 2 is 2.06 bits per heavy atom. The van der Waals surface area contributed by atoms with Gasteiger partial charge in [0.15, 0.2) is 0 Å². The predicted molar refractivity (Wildman–Crippen MR) is 48.1 cm³/mol. The maximum absolute atomic E-state index is 12.2. The summed E-state index contributed by atoms with van der Waals surface area (Å²) in [6, 6.07) is 3.23. The van der Waals surface area contributed by atoms with Gasteiger partial charge in [0.25, 0.3) is 5.56 Å². The Hall–Kier alpha value is -1.79. The summed E-state index contributed by atoms with van der Waals surface area (Å²) in [5.74, 6) is -0.984. The molecule has 0 spiro atoms. The second-order valence-corrected chi connectivity index (χ2v) is 2.94. The number of alkyl halides is 3. The van der Waals surface area contributed by atoms with Crippen molar-refractivity contribution < 1.29 is 22.7 Å². The molecule has 0 aliphatic carbocycles. The molecule has 7 heteroatoms. The van der Waals surface area contributed by atoms with Crippen molar-refractivity contribution in [3.63, 3.8) is 0 Å². The highest BCUT2D eigenvalue weighted by Gasteiger charge is 2.30. The van der Waals surface area contributed by atoms with E-state index in [4.69, 9.17) is 0 Å². The number of carbonyl (C=O) groups is 1. The van der Waals surface area contributed by atoms with Crippen LogP contribution in [-0.4, -0.2) is 23.8 Å². The van der Waals surface area contributed by atoms with Crippen LogP contribution in [0.15, 0.2) is 23.0 Å². The first-order valence-corrected chi connectivity index (χ1v) is 4.20. The molecular formula is C9H8F3NO3. The smallest absolute Gasteiger partial charge is 0.406 e. The molecule has 1 rings (SSSR count). The lowest BCUT2D eigenvalue weighted by atomic mass is 10.3. The Balaban J connectivity index is 3.24. The molecule has 0 fully saturated rings. The van der Waals surface area contributed by atoms with E-state index in [0.29, 0.717) is 4.57 Å². The summed E-state index contributed by atoms with van der Waals surface area (Å²) in [7, 11) is 1.03. The minimum absolute atomic E-state index is 0.325. The number of hydrogen-bond acceptors (Lipinski definition) is 3. The summed E-state index contributed by atoms with van der Waals surface area (Å²) in [5, 5.41) is 0. The Morgan fingerprint density at radius 3 is 2.56 bits per heavy atom. The number of carbonyl (C=O) groups excluding carboxylic acids is 1. The first-order valence-electron chi connectivity index (χ1n) is 4.20. The van der Waals surface area contributed by atoms with Crippen LogP contribution in [0.1, 0.15) is 10.5 Å². The second-order valence-electron chi connectivity index (χ2n) is 2.94. The van der Waals surface area contributed by atoms with Gasteiger partial charge in [-0.1, -0.05) is 6.07 Å². The number of aromatic nitrogens is 1. The highest BCUT2D eigenvalue weighted by molar-refractivity contribution is 5.87. The number of halogens is 3. The van der Waals surface area contributed by atoms with Gasteiger partial charge in [-0.2, -0.15) is 13.2 Å². The van der Waals surface area contributed by atoms with Crippen LogP contribution >= 0.6 is 0 Å². The van der Waals surface area contributed by atoms with Gasteiger partial charge in [0.2, 0.25) is 0 Å². The number of rotatable bonds is 2. The summed E-state index contributed by atoms with van der Waals surface area (Å²) in [6.45, 7) is -1.52. The average molecular weight is 235 g/mol. The van der Waals surface area contributed by atoms with Crippen LogP contribution in [0.25, 0.3) is 0 Å². The third kappa shape index (κ3) is 2.85. The van der Waals surface area contributed by atoms with E-state index in [2.05, 4.69) is 4.74 Å². The number of esters is 1. The lowest BCUT2D eigenvalue weighted by Crippen LogP contribution is -2.31. The van der Waals surface area contributed by atoms with Crippen molar-refractivity contribution in [2.75, 3.05) is 7.11 Å². The molecule has 1 heterocycles. The summed E-state index contributed by atoms with van der Waals surface area (Å²) in [5.41, 5.74) is -1.33. The van der Waals surface area contributed by atoms with Crippen LogP contribution in [0, 0.1) is 0 Å². The number of nitrogens with zero attached hydrogens (tertiary/aromatic N) is 1. The van der Waals surface area contributed by atoms with E-state index in [1.165, 1.54) is 6.07 Å². The molecule has 4 nitrogen and oxygen atoms in total. The maximum Gasteiger partial charge on any atom is 0.406 e. The first-order chi connectivity index (χ1) is 7.35. The molecule has 1 aromatic rings. The molecule has 0 bridgehead atoms. The SMILES string of the molecule is COC(=O)c1cccc(=O)n1CC(F)(F)F. The van der Waals surface area contributed by atoms with Gasteiger partial charge in [-0.3, -0.25) is 9.36 Å². The van der Waals surface area contributed by atoms with Gasteiger partial charge in [0.1, 0.15) is 12.2 Å². The quantitative estimate of drug-likeness (QED) is 0.723. The van der Waals surface area contributed by atoms with Gasteiger partial charge in [-0.05, 0) is 6.07 Å². The molecular weight excluding hydrogens is 227 g/mol. The van der Waals surface area contributed by atoms with Crippen LogP contribution in [0.2, 0.25) is 0 Å². The Bertz CT molecular complexity index is 450. The molecule has 0 radical (unpaired) electrons. The van der Waals surface area contributed by atoms with E-state index >= 15 is 0 Å². The average Bonchev–Trinajstić information content (AvgIpc) is 2.18. The van der Waals surface area contributed by atoms with Crippen LogP contribution in [0.3, 0.4) is 0 Å². The largest absolute Gasteiger partial charge is 0.464 e. The zero-order valence-electron chi connectivity index (χ0n) is 8.25. The third-order valence-electron chi connectivity index (χ3n) is 1.78. The zero-order chi connectivity index (χ0) is 12.3. The van der Waals surface area contributed by atoms with E-state index in [0.717, 1.165) is 19.2 Å². The van der Waals surface area contributed by atoms with Crippen molar-refractivity contribution in [1.29, 1.82) is 0 Å². The van der Waals surface area contributed by atoms with Crippen molar-refractivity contribution >= 4 is 5.97 Å². The van der Waals surface area contributed by atoms with E-state index in [1.54, 1.807) is 0 Å². The molecule has 0 aliphatic rings. The first kappa shape index (κ1) is 12.3. The topological polar surface area (TPSA) is 48.3 Å². The molecule has 0 aliphatic heterocycles. The lowest BCUT2D eigenvalue weighted by molar-refractivity contribution is -0.141. The summed E-state index contributed by atoms with van der Waals surface area (Å²) in [4.78, 5) is 22.3. The summed E-state index contributed by atoms with van der Waals surface area (Å²) in [6.07, 6.45) is -4.58. The minimum atomic E-state index is -4.58. The fourth-order valence-corrected chi connectivity index (χ4v) is 1.15. The molecule has 0 aromatic carbocycles. The minimum Gasteiger partial charge on any atom is -0.464 e. The predicted octanol–water partition coefficient (Wildman–Crippen LogP) is 1.20. The molecule has 0 amide bonds. The lowest BCUT2D eigenvalue weighted by Gasteiger charge is -2.12. The Labute approximate surface area is 88.3 Å². The number of pyridine rings is 1. The Morgan fingerprint density at radius 1 is 1.44 bits per heavy atom. The fourth-order valence-electron chi connectivity index (χ4n) is 1.15. The van der Waals surface area contributed by atoms with Crippen molar-refractivity contribution in [2.24, 2.45) is 0 Å². The van der Waals surface area contributed by atoms with Crippen molar-refractivity contribution in [3.05, 3.63) is 34.2 Å². The van der Waals surface area contributed by atoms with Gasteiger partial charge in [-0.15, -0.1) is 0 Å². The standard InChI is InChI=1S/C9H8F3NO3/c1-16-8(15)6-3-2-4-7(14)13(6)5-9(10,11)12/h2-4H,5H2,1H3. The van der Waals surface area contributed by atoms with E-state index in [-0.39, 0.29) is 0 Å². The van der Waals surface area contributed by atoms with Crippen molar-refractivity contribution in [2.45, 2.75) is 12.7 Å². The molecule has 0 atom stereocenters. The van der Waals surface area contributed by atoms with Gasteiger partial charge < -0.3 is 4.74 Å². The maximum atomic E-state index is 12.2. The molecule has 0 saturated heterocycles. The van der Waals surface area contributed by atoms with Crippen molar-refractivity contribution in [1.82, 2.24) is 4.57 Å². The highest BCUT2D eigenvalue weighted by Crippen LogP contribution is 2.17. The molecule has 88 valence electrons. The normalized spacial score (nSPS) is 11.2. The van der Waals surface area contributed by atoms with Gasteiger partial charge in [-0.25, -0.2) is 4.79 Å². The van der Waals surface area contributed by atoms with Gasteiger partial charge in [0, 0.05) is 6.07 Å². The fraction of sp³-hybridized carbons (Fsp3) is 0.333. The second kappa shape index (κ2) is 4.38. The van der Waals surface area contributed by atoms with E-state index in [1.807, 2.05) is 0 Å². The van der Waals surface area contributed by atoms with Crippen LogP contribution in [0.5, 0.6) is 0 Å². The Kier molecular flexibility index (Phi) is 3.36. The number of hydrogen-bond donors (Lipinski definition) is 0. The van der Waals surface area contributed by atoms with Gasteiger partial charge in [0.05, 0.1) is 7.11 Å². The third-order valence-corrected chi connectivity index (χ3v) is 1.78. The molecule has 1 aromatic heterocycles. The monoisotopic (exact) mass is 235 g/mol. The highest BCUT2D eigenvalue weighted by atomic mass is 19.4. The number of methoxy groups -OCH3 is 1. The van der Waals surface area contributed by atoms with Crippen LogP contribution in [-0.2, 0) is 11.3 Å². The van der Waals surface area contributed by atoms with Crippen molar-refractivity contribution in [3.8, 4) is 0 Å². The summed E-state index contributed by atoms with van der Waals surface area (Å²) >= 11 is 0. The van der Waals surface area contributed by atoms with E-state index < -0.39 is 29.9 Å². The summed E-state index contributed by atoms with van der Waals surface area (Å²) < 4.78 is 41.1. The van der Waals surface area contributed by atoms with Gasteiger partial charge >= 0.3 is 12.1 Å². The molecule has 16 heavy (non-hydrogen) atoms. The van der Waals surface area contributed by atoms with Crippen LogP contribution in [0.4, 0.5) is 13.2 Å². The molecule has 0 unspecified atom stereocenters.